The van der Waals surface area contributed by atoms with E-state index >= 15 is 0 Å². The van der Waals surface area contributed by atoms with Crippen LogP contribution in [0.1, 0.15) is 54.9 Å². The summed E-state index contributed by atoms with van der Waals surface area (Å²) in [5.74, 6) is 0.624. The van der Waals surface area contributed by atoms with Gasteiger partial charge in [-0.3, -0.25) is 9.48 Å². The van der Waals surface area contributed by atoms with Crippen LogP contribution in [0.5, 0.6) is 0 Å². The highest BCUT2D eigenvalue weighted by molar-refractivity contribution is 5.95. The average molecular weight is 401 g/mol. The Bertz CT molecular complexity index is 883. The van der Waals surface area contributed by atoms with Crippen LogP contribution in [0.4, 0.5) is 10.2 Å². The van der Waals surface area contributed by atoms with Crippen molar-refractivity contribution in [2.75, 3.05) is 18.0 Å². The number of hydrogen-bond acceptors (Lipinski definition) is 5. The maximum Gasteiger partial charge on any atom is 0.254 e. The molecule has 3 atom stereocenters. The topological polar surface area (TPSA) is 75.9 Å². The molecule has 1 unspecified atom stereocenters. The summed E-state index contributed by atoms with van der Waals surface area (Å²) in [5, 5.41) is 7.60. The molecule has 1 amide bonds. The molecular weight excluding hydrogens is 371 g/mol. The van der Waals surface area contributed by atoms with Gasteiger partial charge in [0.25, 0.3) is 5.91 Å². The molecule has 2 aliphatic rings. The minimum atomic E-state index is -0.309. The smallest absolute Gasteiger partial charge is 0.254 e. The summed E-state index contributed by atoms with van der Waals surface area (Å²) < 4.78 is 16.6. The number of piperidine rings is 1. The van der Waals surface area contributed by atoms with Crippen molar-refractivity contribution in [1.29, 1.82) is 0 Å². The number of aromatic nitrogens is 4. The molecule has 1 aliphatic carbocycles. The molecule has 3 heterocycles. The van der Waals surface area contributed by atoms with Crippen LogP contribution >= 0.6 is 0 Å². The molecule has 2 aromatic heterocycles. The summed E-state index contributed by atoms with van der Waals surface area (Å²) in [4.78, 5) is 23.2. The SMILES string of the molecule is CCCn1ncc(C(=O)NC2[C@@H]3CC[C@H]2CN(c2ncnc(CC)c2F)C3)c1C. The van der Waals surface area contributed by atoms with Gasteiger partial charge in [-0.15, -0.1) is 0 Å². The van der Waals surface area contributed by atoms with Gasteiger partial charge in [0.05, 0.1) is 17.5 Å². The van der Waals surface area contributed by atoms with Crippen molar-refractivity contribution < 1.29 is 9.18 Å². The van der Waals surface area contributed by atoms with E-state index in [0.29, 0.717) is 48.4 Å². The molecule has 2 fully saturated rings. The zero-order chi connectivity index (χ0) is 20.5. The van der Waals surface area contributed by atoms with Crippen LogP contribution in [0.15, 0.2) is 12.5 Å². The Balaban J connectivity index is 1.47. The Morgan fingerprint density at radius 1 is 1.24 bits per heavy atom. The van der Waals surface area contributed by atoms with Crippen molar-refractivity contribution in [3.63, 3.8) is 0 Å². The van der Waals surface area contributed by atoms with Crippen LogP contribution in [0, 0.1) is 24.6 Å². The van der Waals surface area contributed by atoms with E-state index in [2.05, 4.69) is 27.3 Å². The number of anilines is 1. The van der Waals surface area contributed by atoms with E-state index in [1.165, 1.54) is 6.33 Å². The van der Waals surface area contributed by atoms with Crippen LogP contribution in [0.3, 0.4) is 0 Å². The maximum absolute atomic E-state index is 14.7. The predicted molar refractivity (Wildman–Crippen MR) is 108 cm³/mol. The Kier molecular flexibility index (Phi) is 5.52. The van der Waals surface area contributed by atoms with Gasteiger partial charge in [0.2, 0.25) is 0 Å². The summed E-state index contributed by atoms with van der Waals surface area (Å²) in [6, 6.07) is 0.114. The Morgan fingerprint density at radius 2 is 1.97 bits per heavy atom. The molecule has 7 nitrogen and oxygen atoms in total. The molecule has 1 aliphatic heterocycles. The molecule has 1 N–H and O–H groups in total. The Labute approximate surface area is 170 Å². The van der Waals surface area contributed by atoms with Gasteiger partial charge in [-0.2, -0.15) is 5.10 Å². The maximum atomic E-state index is 14.7. The summed E-state index contributed by atoms with van der Waals surface area (Å²) in [5.41, 5.74) is 2.01. The van der Waals surface area contributed by atoms with Gasteiger partial charge in [-0.05, 0) is 44.4 Å². The van der Waals surface area contributed by atoms with Gasteiger partial charge in [0, 0.05) is 31.4 Å². The van der Waals surface area contributed by atoms with E-state index in [-0.39, 0.29) is 17.8 Å². The zero-order valence-electron chi connectivity index (χ0n) is 17.4. The number of halogens is 1. The lowest BCUT2D eigenvalue weighted by atomic mass is 9.91. The Morgan fingerprint density at radius 3 is 2.62 bits per heavy atom. The van der Waals surface area contributed by atoms with Gasteiger partial charge in [-0.25, -0.2) is 14.4 Å². The van der Waals surface area contributed by atoms with Gasteiger partial charge in [0.1, 0.15) is 6.33 Å². The monoisotopic (exact) mass is 400 g/mol. The van der Waals surface area contributed by atoms with Crippen LogP contribution in [-0.4, -0.2) is 44.8 Å². The molecule has 4 rings (SSSR count). The molecule has 8 heteroatoms. The van der Waals surface area contributed by atoms with Crippen LogP contribution < -0.4 is 10.2 Å². The van der Waals surface area contributed by atoms with Crippen LogP contribution in [0.25, 0.3) is 0 Å². The third-order valence-corrected chi connectivity index (χ3v) is 6.39. The van der Waals surface area contributed by atoms with Gasteiger partial charge >= 0.3 is 0 Å². The van der Waals surface area contributed by atoms with Gasteiger partial charge < -0.3 is 10.2 Å². The van der Waals surface area contributed by atoms with E-state index in [1.807, 2.05) is 23.4 Å². The molecule has 1 saturated carbocycles. The van der Waals surface area contributed by atoms with Gasteiger partial charge in [0.15, 0.2) is 11.6 Å². The highest BCUT2D eigenvalue weighted by Crippen LogP contribution is 2.39. The summed E-state index contributed by atoms with van der Waals surface area (Å²) in [6.07, 6.45) is 6.71. The van der Waals surface area contributed by atoms with Crippen molar-refractivity contribution in [2.45, 2.75) is 59.0 Å². The van der Waals surface area contributed by atoms with Crippen LogP contribution in [0.2, 0.25) is 0 Å². The lowest BCUT2D eigenvalue weighted by molar-refractivity contribution is 0.0909. The normalized spacial score (nSPS) is 23.4. The number of hydrogen-bond donors (Lipinski definition) is 1. The van der Waals surface area contributed by atoms with E-state index < -0.39 is 0 Å². The van der Waals surface area contributed by atoms with Crippen molar-refractivity contribution in [3.8, 4) is 0 Å². The van der Waals surface area contributed by atoms with E-state index in [0.717, 1.165) is 31.5 Å². The quantitative estimate of drug-likeness (QED) is 0.807. The predicted octanol–water partition coefficient (Wildman–Crippen LogP) is 2.74. The van der Waals surface area contributed by atoms with Crippen molar-refractivity contribution in [3.05, 3.63) is 35.3 Å². The van der Waals surface area contributed by atoms with Crippen LogP contribution in [-0.2, 0) is 13.0 Å². The first-order valence-corrected chi connectivity index (χ1v) is 10.6. The number of amides is 1. The molecular formula is C21H29FN6O. The second-order valence-electron chi connectivity index (χ2n) is 8.18. The molecule has 0 aromatic carbocycles. The number of nitrogens with one attached hydrogen (secondary N) is 1. The van der Waals surface area contributed by atoms with Gasteiger partial charge in [-0.1, -0.05) is 13.8 Å². The summed E-state index contributed by atoms with van der Waals surface area (Å²) >= 11 is 0. The highest BCUT2D eigenvalue weighted by atomic mass is 19.1. The molecule has 2 bridgehead atoms. The third kappa shape index (κ3) is 3.60. The Hall–Kier alpha value is -2.51. The standard InChI is InChI=1S/C21H29FN6O/c1-4-8-28-13(3)16(9-25-28)21(29)26-19-14-6-7-15(19)11-27(10-14)20-18(22)17(5-2)23-12-24-20/h9,12,14-15,19H,4-8,10-11H2,1-3H3,(H,26,29)/t14-,15+,19?. The van der Waals surface area contributed by atoms with E-state index in [9.17, 15) is 9.18 Å². The molecule has 0 radical (unpaired) electrons. The second-order valence-corrected chi connectivity index (χ2v) is 8.18. The number of nitrogens with zero attached hydrogens (tertiary/aromatic N) is 5. The summed E-state index contributed by atoms with van der Waals surface area (Å²) in [6.45, 7) is 8.14. The number of carbonyl (C=O) groups is 1. The number of carbonyl (C=O) groups excluding carboxylic acids is 1. The first kappa shape index (κ1) is 19.8. The first-order chi connectivity index (χ1) is 14.0. The molecule has 1 saturated heterocycles. The lowest BCUT2D eigenvalue weighted by Crippen LogP contribution is -2.53. The molecule has 29 heavy (non-hydrogen) atoms. The van der Waals surface area contributed by atoms with E-state index in [1.54, 1.807) is 6.20 Å². The zero-order valence-corrected chi connectivity index (χ0v) is 17.4. The second kappa shape index (κ2) is 8.08. The average Bonchev–Trinajstić information content (AvgIpc) is 3.17. The van der Waals surface area contributed by atoms with Crippen molar-refractivity contribution in [2.24, 2.45) is 11.8 Å². The summed E-state index contributed by atoms with van der Waals surface area (Å²) in [7, 11) is 0. The highest BCUT2D eigenvalue weighted by Gasteiger charge is 2.44. The van der Waals surface area contributed by atoms with Crippen molar-refractivity contribution in [1.82, 2.24) is 25.1 Å². The minimum absolute atomic E-state index is 0.0540. The molecule has 0 spiro atoms. The minimum Gasteiger partial charge on any atom is -0.353 e. The fourth-order valence-corrected chi connectivity index (χ4v) is 4.83. The first-order valence-electron chi connectivity index (χ1n) is 10.6. The largest absolute Gasteiger partial charge is 0.353 e. The molecule has 2 aromatic rings. The van der Waals surface area contributed by atoms with E-state index in [4.69, 9.17) is 0 Å². The lowest BCUT2D eigenvalue weighted by Gasteiger charge is -2.39. The fourth-order valence-electron chi connectivity index (χ4n) is 4.83. The third-order valence-electron chi connectivity index (χ3n) is 6.39. The molecule has 156 valence electrons. The number of fused-ring (bicyclic) bond motifs is 2. The van der Waals surface area contributed by atoms with Crippen molar-refractivity contribution >= 4 is 11.7 Å². The number of aryl methyl sites for hydroxylation is 2. The number of rotatable bonds is 6. The fraction of sp³-hybridized carbons (Fsp3) is 0.619.